The minimum absolute atomic E-state index is 0.934. The van der Waals surface area contributed by atoms with E-state index in [2.05, 4.69) is 12.1 Å². The van der Waals surface area contributed by atoms with Crippen molar-refractivity contribution in [1.82, 2.24) is 0 Å². The average molecular weight is 137 g/mol. The molecule has 0 aliphatic carbocycles. The number of thioether (sulfide) groups is 1. The second kappa shape index (κ2) is 1.67. The summed E-state index contributed by atoms with van der Waals surface area (Å²) < 4.78 is 0. The lowest BCUT2D eigenvalue weighted by Gasteiger charge is -2.13. The highest BCUT2D eigenvalue weighted by Crippen LogP contribution is 2.34. The van der Waals surface area contributed by atoms with E-state index in [9.17, 15) is 0 Å². The zero-order chi connectivity index (χ0) is 6.27. The van der Waals surface area contributed by atoms with E-state index >= 15 is 0 Å². The first-order valence-electron chi connectivity index (χ1n) is 2.87. The minimum Gasteiger partial charge on any atom is -0.398 e. The Bertz CT molecular complexity index is 245. The summed E-state index contributed by atoms with van der Waals surface area (Å²) in [6.45, 7) is 0. The van der Waals surface area contributed by atoms with E-state index in [1.165, 1.54) is 10.5 Å². The van der Waals surface area contributed by atoms with Gasteiger partial charge in [0.1, 0.15) is 0 Å². The van der Waals surface area contributed by atoms with Crippen molar-refractivity contribution in [2.24, 2.45) is 0 Å². The second-order valence-electron chi connectivity index (χ2n) is 2.16. The highest BCUT2D eigenvalue weighted by Gasteiger charge is 2.07. The summed E-state index contributed by atoms with van der Waals surface area (Å²) in [5.41, 5.74) is 7.93. The fourth-order valence-electron chi connectivity index (χ4n) is 0.980. The van der Waals surface area contributed by atoms with E-state index in [1.807, 2.05) is 17.8 Å². The van der Waals surface area contributed by atoms with E-state index in [1.54, 1.807) is 0 Å². The standard InChI is InChI=1S/C7H7NS/c8-6-3-5-1-2-7(6)9-4-5/h1-3H,4,8H2. The minimum atomic E-state index is 0.934. The number of anilines is 1. The van der Waals surface area contributed by atoms with Crippen molar-refractivity contribution in [1.29, 1.82) is 0 Å². The van der Waals surface area contributed by atoms with Gasteiger partial charge in [0.05, 0.1) is 0 Å². The Morgan fingerprint density at radius 2 is 2.33 bits per heavy atom. The molecule has 2 bridgehead atoms. The van der Waals surface area contributed by atoms with Crippen LogP contribution in [0.1, 0.15) is 5.56 Å². The van der Waals surface area contributed by atoms with Gasteiger partial charge in [-0.05, 0) is 17.7 Å². The molecule has 2 aliphatic heterocycles. The summed E-state index contributed by atoms with van der Waals surface area (Å²) >= 11 is 1.82. The lowest BCUT2D eigenvalue weighted by atomic mass is 10.2. The van der Waals surface area contributed by atoms with E-state index in [-0.39, 0.29) is 0 Å². The molecule has 0 spiro atoms. The summed E-state index contributed by atoms with van der Waals surface area (Å²) in [5.74, 6) is 1.10. The maximum atomic E-state index is 5.65. The Morgan fingerprint density at radius 3 is 2.56 bits per heavy atom. The Hall–Kier alpha value is -0.630. The number of rotatable bonds is 0. The van der Waals surface area contributed by atoms with Gasteiger partial charge in [-0.15, -0.1) is 11.8 Å². The molecule has 0 amide bonds. The summed E-state index contributed by atoms with van der Waals surface area (Å²) in [7, 11) is 0. The Labute approximate surface area is 58.3 Å². The van der Waals surface area contributed by atoms with Crippen LogP contribution in [0.25, 0.3) is 0 Å². The number of nitrogen functional groups attached to an aromatic ring is 1. The van der Waals surface area contributed by atoms with Crippen LogP contribution in [-0.4, -0.2) is 0 Å². The molecule has 1 aromatic rings. The van der Waals surface area contributed by atoms with Crippen molar-refractivity contribution in [3.63, 3.8) is 0 Å². The molecule has 0 atom stereocenters. The van der Waals surface area contributed by atoms with Crippen molar-refractivity contribution >= 4 is 17.4 Å². The predicted octanol–water partition coefficient (Wildman–Crippen LogP) is 1.87. The number of fused-ring (bicyclic) bond motifs is 3. The van der Waals surface area contributed by atoms with Crippen molar-refractivity contribution in [3.05, 3.63) is 23.8 Å². The van der Waals surface area contributed by atoms with E-state index in [0.717, 1.165) is 11.4 Å². The Balaban J connectivity index is 2.70. The molecule has 2 heterocycles. The first-order chi connectivity index (χ1) is 4.36. The molecule has 0 unspecified atom stereocenters. The molecule has 9 heavy (non-hydrogen) atoms. The predicted molar refractivity (Wildman–Crippen MR) is 40.4 cm³/mol. The zero-order valence-corrected chi connectivity index (χ0v) is 5.74. The fraction of sp³-hybridized carbons (Fsp3) is 0.143. The van der Waals surface area contributed by atoms with E-state index < -0.39 is 0 Å². The van der Waals surface area contributed by atoms with Gasteiger partial charge in [0, 0.05) is 16.3 Å². The monoisotopic (exact) mass is 137 g/mol. The van der Waals surface area contributed by atoms with Gasteiger partial charge in [-0.2, -0.15) is 0 Å². The van der Waals surface area contributed by atoms with Crippen LogP contribution in [0.3, 0.4) is 0 Å². The molecular weight excluding hydrogens is 130 g/mol. The summed E-state index contributed by atoms with van der Waals surface area (Å²) in [4.78, 5) is 1.23. The van der Waals surface area contributed by atoms with Crippen molar-refractivity contribution < 1.29 is 0 Å². The quantitative estimate of drug-likeness (QED) is 0.552. The molecule has 3 rings (SSSR count). The molecule has 46 valence electrons. The third kappa shape index (κ3) is 0.704. The topological polar surface area (TPSA) is 26.0 Å². The molecule has 0 saturated carbocycles. The molecule has 1 nitrogen and oxygen atoms in total. The Morgan fingerprint density at radius 1 is 1.44 bits per heavy atom. The first kappa shape index (κ1) is 5.18. The molecule has 0 fully saturated rings. The zero-order valence-electron chi connectivity index (χ0n) is 4.92. The van der Waals surface area contributed by atoms with Gasteiger partial charge in [-0.25, -0.2) is 0 Å². The molecule has 2 heteroatoms. The first-order valence-corrected chi connectivity index (χ1v) is 3.86. The summed E-state index contributed by atoms with van der Waals surface area (Å²) in [5, 5.41) is 0. The van der Waals surface area contributed by atoms with Gasteiger partial charge in [-0.1, -0.05) is 6.07 Å². The number of benzene rings is 1. The number of hydrogen-bond acceptors (Lipinski definition) is 2. The third-order valence-corrected chi connectivity index (χ3v) is 2.63. The summed E-state index contributed by atoms with van der Waals surface area (Å²) in [6, 6.07) is 6.26. The maximum Gasteiger partial charge on any atom is 0.0455 e. The fourth-order valence-corrected chi connectivity index (χ4v) is 1.87. The van der Waals surface area contributed by atoms with Crippen LogP contribution in [-0.2, 0) is 5.75 Å². The number of hydrogen-bond donors (Lipinski definition) is 1. The van der Waals surface area contributed by atoms with Crippen LogP contribution in [0.5, 0.6) is 0 Å². The van der Waals surface area contributed by atoms with Gasteiger partial charge in [0.2, 0.25) is 0 Å². The lowest BCUT2D eigenvalue weighted by Crippen LogP contribution is -1.95. The molecule has 0 aromatic heterocycles. The van der Waals surface area contributed by atoms with E-state index in [0.29, 0.717) is 0 Å². The molecule has 2 N–H and O–H groups in total. The summed E-state index contributed by atoms with van der Waals surface area (Å²) in [6.07, 6.45) is 0. The van der Waals surface area contributed by atoms with Crippen molar-refractivity contribution in [2.75, 3.05) is 5.73 Å². The Kier molecular flexibility index (Phi) is 0.963. The van der Waals surface area contributed by atoms with Crippen LogP contribution in [0.2, 0.25) is 0 Å². The largest absolute Gasteiger partial charge is 0.398 e. The van der Waals surface area contributed by atoms with Gasteiger partial charge in [-0.3, -0.25) is 0 Å². The third-order valence-electron chi connectivity index (χ3n) is 1.47. The highest BCUT2D eigenvalue weighted by molar-refractivity contribution is 7.98. The number of nitrogens with two attached hydrogens (primary N) is 1. The molecule has 2 aliphatic rings. The van der Waals surface area contributed by atoms with Gasteiger partial charge in [0.25, 0.3) is 0 Å². The lowest BCUT2D eigenvalue weighted by molar-refractivity contribution is 1.30. The van der Waals surface area contributed by atoms with E-state index in [4.69, 9.17) is 5.73 Å². The van der Waals surface area contributed by atoms with Gasteiger partial charge in [0.15, 0.2) is 0 Å². The van der Waals surface area contributed by atoms with Crippen LogP contribution < -0.4 is 5.73 Å². The highest BCUT2D eigenvalue weighted by atomic mass is 32.2. The molecule has 0 saturated heterocycles. The van der Waals surface area contributed by atoms with Gasteiger partial charge < -0.3 is 5.73 Å². The average Bonchev–Trinajstić information content (AvgIpc) is 1.90. The second-order valence-corrected chi connectivity index (χ2v) is 3.18. The maximum absolute atomic E-state index is 5.65. The van der Waals surface area contributed by atoms with Crippen LogP contribution in [0, 0.1) is 0 Å². The van der Waals surface area contributed by atoms with Crippen LogP contribution in [0.4, 0.5) is 5.69 Å². The van der Waals surface area contributed by atoms with Gasteiger partial charge >= 0.3 is 0 Å². The molecule has 0 radical (unpaired) electrons. The normalized spacial score (nSPS) is 14.2. The molecule has 1 aromatic carbocycles. The van der Waals surface area contributed by atoms with Crippen LogP contribution in [0.15, 0.2) is 23.1 Å². The van der Waals surface area contributed by atoms with Crippen molar-refractivity contribution in [2.45, 2.75) is 10.6 Å². The van der Waals surface area contributed by atoms with Crippen LogP contribution >= 0.6 is 11.8 Å². The SMILES string of the molecule is Nc1cc2ccc1SC2. The smallest absolute Gasteiger partial charge is 0.0455 e. The molecular formula is C7H7NS. The van der Waals surface area contributed by atoms with Crippen molar-refractivity contribution in [3.8, 4) is 0 Å².